The smallest absolute Gasteiger partial charge is 0.311 e. The molecule has 1 aliphatic heterocycles. The van der Waals surface area contributed by atoms with Crippen LogP contribution in [0.25, 0.3) is 0 Å². The van der Waals surface area contributed by atoms with E-state index >= 15 is 0 Å². The van der Waals surface area contributed by atoms with Crippen LogP contribution in [0.1, 0.15) is 71.9 Å². The van der Waals surface area contributed by atoms with Gasteiger partial charge in [0.25, 0.3) is 0 Å². The van der Waals surface area contributed by atoms with Crippen LogP contribution in [0.3, 0.4) is 0 Å². The van der Waals surface area contributed by atoms with Gasteiger partial charge in [-0.2, -0.15) is 0 Å². The highest BCUT2D eigenvalue weighted by atomic mass is 16.6. The molecule has 1 aromatic rings. The molecule has 28 nitrogen and oxygen atoms in total. The summed E-state index contributed by atoms with van der Waals surface area (Å²) in [6.07, 6.45) is 4.08. The summed E-state index contributed by atoms with van der Waals surface area (Å²) < 4.78 is 93.9. The van der Waals surface area contributed by atoms with Gasteiger partial charge in [0.1, 0.15) is 31.5 Å². The zero-order chi connectivity index (χ0) is 67.8. The molecule has 0 spiro atoms. The summed E-state index contributed by atoms with van der Waals surface area (Å²) in [7, 11) is 3.27. The molecule has 28 heteroatoms. The van der Waals surface area contributed by atoms with Crippen molar-refractivity contribution in [3.05, 3.63) is 41.5 Å². The molecule has 0 saturated heterocycles. The lowest BCUT2D eigenvalue weighted by Gasteiger charge is -2.26. The Balaban J connectivity index is 1.86. The van der Waals surface area contributed by atoms with E-state index in [1.54, 1.807) is 54.9 Å². The second-order valence-electron chi connectivity index (χ2n) is 22.8. The molecule has 538 valence electrons. The van der Waals surface area contributed by atoms with E-state index in [9.17, 15) is 29.1 Å². The van der Waals surface area contributed by atoms with Crippen molar-refractivity contribution in [2.24, 2.45) is 11.3 Å². The summed E-state index contributed by atoms with van der Waals surface area (Å²) in [6.45, 7) is 26.8. The number of hydrogen-bond acceptors (Lipinski definition) is 24. The zero-order valence-electron chi connectivity index (χ0n) is 57.1. The first-order chi connectivity index (χ1) is 45.1. The first-order valence-electron chi connectivity index (χ1n) is 32.7. The van der Waals surface area contributed by atoms with Crippen LogP contribution >= 0.6 is 0 Å². The Morgan fingerprint density at radius 3 is 1.25 bits per heavy atom. The fourth-order valence-electron chi connectivity index (χ4n) is 8.37. The fourth-order valence-corrected chi connectivity index (χ4v) is 8.37. The fraction of sp³-hybridized carbons (Fsp3) is 0.800. The monoisotopic (exact) mass is 1330 g/mol. The highest BCUT2D eigenvalue weighted by molar-refractivity contribution is 5.99. The van der Waals surface area contributed by atoms with Gasteiger partial charge in [-0.1, -0.05) is 19.9 Å². The van der Waals surface area contributed by atoms with E-state index < -0.39 is 53.9 Å². The Kier molecular flexibility index (Phi) is 51.7. The number of carbonyl (C=O) groups is 5. The number of methoxy groups -OCH3 is 2. The molecule has 0 aliphatic carbocycles. The highest BCUT2D eigenvalue weighted by Crippen LogP contribution is 2.22. The van der Waals surface area contributed by atoms with Gasteiger partial charge in [0.2, 0.25) is 23.6 Å². The number of nitrogens with zero attached hydrogens (tertiary/aromatic N) is 2. The second-order valence-corrected chi connectivity index (χ2v) is 22.8. The Hall–Kier alpha value is -4.41. The molecule has 4 N–H and O–H groups in total. The molecule has 0 aromatic heterocycles. The van der Waals surface area contributed by atoms with Crippen LogP contribution in [0, 0.1) is 11.3 Å². The Bertz CT molecular complexity index is 2040. The van der Waals surface area contributed by atoms with Crippen LogP contribution in [-0.2, 0) is 118 Å². The highest BCUT2D eigenvalue weighted by Gasteiger charge is 2.31. The molecular formula is C65H115N5O23. The van der Waals surface area contributed by atoms with Gasteiger partial charge in [-0.15, -0.1) is 0 Å². The van der Waals surface area contributed by atoms with Crippen molar-refractivity contribution < 1.29 is 110 Å². The summed E-state index contributed by atoms with van der Waals surface area (Å²) in [5, 5.41) is 18.3. The molecular weight excluding hydrogens is 1220 g/mol. The Labute approximate surface area is 552 Å². The van der Waals surface area contributed by atoms with Crippen LogP contribution in [0.2, 0.25) is 0 Å². The minimum Gasteiger partial charge on any atom is -0.460 e. The summed E-state index contributed by atoms with van der Waals surface area (Å²) >= 11 is 0. The van der Waals surface area contributed by atoms with E-state index in [1.165, 1.54) is 19.1 Å². The largest absolute Gasteiger partial charge is 0.460 e. The molecule has 0 saturated carbocycles. The van der Waals surface area contributed by atoms with E-state index in [0.717, 1.165) is 54.9 Å². The third-order valence-electron chi connectivity index (χ3n) is 13.6. The van der Waals surface area contributed by atoms with Gasteiger partial charge in [-0.05, 0) is 95.2 Å². The maximum atomic E-state index is 13.6. The maximum absolute atomic E-state index is 13.6. The minimum absolute atomic E-state index is 0.0381. The van der Waals surface area contributed by atoms with Gasteiger partial charge >= 0.3 is 5.97 Å². The number of amides is 4. The van der Waals surface area contributed by atoms with E-state index in [4.69, 9.17) is 80.5 Å². The minimum atomic E-state index is -1.24. The van der Waals surface area contributed by atoms with Crippen LogP contribution < -0.4 is 16.0 Å². The van der Waals surface area contributed by atoms with Crippen molar-refractivity contribution in [2.45, 2.75) is 92.1 Å². The van der Waals surface area contributed by atoms with Crippen LogP contribution in [0.5, 0.6) is 0 Å². The number of rotatable bonds is 64. The number of aliphatic hydroxyl groups excluding tert-OH is 1. The van der Waals surface area contributed by atoms with E-state index in [1.807, 2.05) is 12.1 Å². The van der Waals surface area contributed by atoms with Crippen LogP contribution in [0.4, 0.5) is 5.69 Å². The van der Waals surface area contributed by atoms with Crippen molar-refractivity contribution in [3.8, 4) is 0 Å². The Morgan fingerprint density at radius 2 is 0.892 bits per heavy atom. The standard InChI is InChI=1S/C65H115N5O23/c1-53(2)61(68-58(71)51-70-59(72)15-16-60(70)73)63(75)66-54(3)62(74)67-57-14-13-56(52-93-64(76)65(4,5)6)55(50-57)12-9-17-69(18-10-20-79-26-28-83-34-36-87-42-44-91-48-46-89-40-38-85-32-30-81-24-22-77-7)19-11-21-80-27-29-84-35-37-88-43-45-92-49-47-90-41-39-86-33-31-82-25-23-78-8/h13-16,50,53-54,59,61,72H,9-12,17-49,51-52H2,1-8H3,(H,66,75)(H,67,74)(H,68,71)/t54-,59?,61-/m0/s1. The summed E-state index contributed by atoms with van der Waals surface area (Å²) in [4.78, 5) is 68.3. The number of nitrogens with one attached hydrogen (secondary N) is 3. The quantitative estimate of drug-likeness (QED) is 0.0538. The molecule has 2 rings (SSSR count). The third kappa shape index (κ3) is 45.6. The number of ether oxygens (including phenoxy) is 17. The number of carbonyl (C=O) groups excluding carboxylic acids is 5. The molecule has 1 aromatic carbocycles. The van der Waals surface area contributed by atoms with Gasteiger partial charge < -0.3 is 111 Å². The number of aliphatic hydroxyl groups is 1. The lowest BCUT2D eigenvalue weighted by molar-refractivity contribution is -0.154. The normalized spacial score (nSPS) is 14.0. The topological polar surface area (TPSA) is 305 Å². The molecule has 93 heavy (non-hydrogen) atoms. The van der Waals surface area contributed by atoms with E-state index in [2.05, 4.69) is 20.9 Å². The third-order valence-corrected chi connectivity index (χ3v) is 13.6. The van der Waals surface area contributed by atoms with Gasteiger partial charge in [-0.3, -0.25) is 24.0 Å². The molecule has 1 heterocycles. The first-order valence-corrected chi connectivity index (χ1v) is 32.7. The van der Waals surface area contributed by atoms with Crippen molar-refractivity contribution >= 4 is 35.3 Å². The van der Waals surface area contributed by atoms with Crippen molar-refractivity contribution in [1.82, 2.24) is 20.4 Å². The average Bonchev–Trinajstić information content (AvgIpc) is 1.97. The molecule has 0 bridgehead atoms. The van der Waals surface area contributed by atoms with E-state index in [-0.39, 0.29) is 18.5 Å². The van der Waals surface area contributed by atoms with Gasteiger partial charge in [0.15, 0.2) is 0 Å². The number of benzene rings is 1. The molecule has 1 aliphatic rings. The number of aryl methyl sites for hydroxylation is 1. The molecule has 0 radical (unpaired) electrons. The van der Waals surface area contributed by atoms with E-state index in [0.29, 0.717) is 210 Å². The SMILES string of the molecule is COCCOCCOCCOCCOCCOCCOCCOCCCN(CCCOCCOCCOCCOCCOCCOCCOCCOC)CCCc1cc(NC(=O)[C@H](C)NC(=O)[C@@H](NC(=O)CN2C(=O)C=CC2O)C(C)C)ccc1COC(=O)C(C)(C)C. The molecule has 0 fully saturated rings. The second kappa shape index (κ2) is 56.7. The summed E-state index contributed by atoms with van der Waals surface area (Å²) in [5.41, 5.74) is 1.43. The lowest BCUT2D eigenvalue weighted by Crippen LogP contribution is -2.55. The number of hydrogen-bond donors (Lipinski definition) is 4. The first kappa shape index (κ1) is 84.7. The van der Waals surface area contributed by atoms with Gasteiger partial charge in [0, 0.05) is 52.3 Å². The maximum Gasteiger partial charge on any atom is 0.311 e. The molecule has 3 atom stereocenters. The molecule has 4 amide bonds. The number of esters is 1. The average molecular weight is 1330 g/mol. The van der Waals surface area contributed by atoms with Crippen molar-refractivity contribution in [3.63, 3.8) is 0 Å². The van der Waals surface area contributed by atoms with Crippen LogP contribution in [-0.4, -0.2) is 301 Å². The van der Waals surface area contributed by atoms with Crippen molar-refractivity contribution in [2.75, 3.05) is 244 Å². The Morgan fingerprint density at radius 1 is 0.516 bits per heavy atom. The summed E-state index contributed by atoms with van der Waals surface area (Å²) in [6, 6.07) is 3.36. The summed E-state index contributed by atoms with van der Waals surface area (Å²) in [5.74, 6) is -2.98. The number of anilines is 1. The lowest BCUT2D eigenvalue weighted by atomic mass is 9.97. The van der Waals surface area contributed by atoms with Crippen LogP contribution in [0.15, 0.2) is 30.4 Å². The van der Waals surface area contributed by atoms with Crippen molar-refractivity contribution in [1.29, 1.82) is 0 Å². The van der Waals surface area contributed by atoms with Gasteiger partial charge in [-0.25, -0.2) is 0 Å². The molecule has 1 unspecified atom stereocenters. The zero-order valence-corrected chi connectivity index (χ0v) is 57.1. The predicted octanol–water partition coefficient (Wildman–Crippen LogP) is 2.62. The predicted molar refractivity (Wildman–Crippen MR) is 345 cm³/mol. The van der Waals surface area contributed by atoms with Gasteiger partial charge in [0.05, 0.1) is 190 Å².